The first kappa shape index (κ1) is 23.2. The summed E-state index contributed by atoms with van der Waals surface area (Å²) < 4.78 is 13.4. The number of rotatable bonds is 10. The molecule has 0 radical (unpaired) electrons. The second-order valence-electron chi connectivity index (χ2n) is 7.49. The van der Waals surface area contributed by atoms with Crippen molar-refractivity contribution in [3.63, 3.8) is 0 Å². The zero-order valence-electron chi connectivity index (χ0n) is 17.8. The lowest BCUT2D eigenvalue weighted by Crippen LogP contribution is -2.44. The quantitative estimate of drug-likeness (QED) is 0.479. The van der Waals surface area contributed by atoms with Crippen molar-refractivity contribution in [2.45, 2.75) is 25.4 Å². The number of hydrogen-bond acceptors (Lipinski definition) is 3. The van der Waals surface area contributed by atoms with Crippen LogP contribution in [0.25, 0.3) is 0 Å². The monoisotopic (exact) mass is 434 g/mol. The van der Waals surface area contributed by atoms with E-state index in [4.69, 9.17) is 5.11 Å². The summed E-state index contributed by atoms with van der Waals surface area (Å²) in [4.78, 5) is 28.2. The van der Waals surface area contributed by atoms with Crippen LogP contribution in [0.5, 0.6) is 0 Å². The molecule has 0 aliphatic carbocycles. The molecular formula is C26H27FN2O3. The average Bonchev–Trinajstić information content (AvgIpc) is 2.81. The lowest BCUT2D eigenvalue weighted by atomic mass is 10.0. The Morgan fingerprint density at radius 1 is 0.875 bits per heavy atom. The lowest BCUT2D eigenvalue weighted by Gasteiger charge is -2.32. The van der Waals surface area contributed by atoms with Crippen molar-refractivity contribution in [3.8, 4) is 0 Å². The Balaban J connectivity index is 1.96. The zero-order chi connectivity index (χ0) is 22.8. The first-order valence-electron chi connectivity index (χ1n) is 10.6. The smallest absolute Gasteiger partial charge is 0.247 e. The van der Waals surface area contributed by atoms with Crippen molar-refractivity contribution in [2.75, 3.05) is 13.2 Å². The molecule has 0 aliphatic heterocycles. The van der Waals surface area contributed by atoms with Gasteiger partial charge in [-0.1, -0.05) is 72.8 Å². The number of halogens is 1. The molecule has 0 bridgehead atoms. The van der Waals surface area contributed by atoms with Gasteiger partial charge in [0.25, 0.3) is 0 Å². The van der Waals surface area contributed by atoms with Crippen molar-refractivity contribution in [3.05, 3.63) is 107 Å². The molecule has 0 heterocycles. The standard InChI is InChI=1S/C26H27FN2O3/c27-23-14-12-21(13-15-23)19-29(24(31)18-20-8-3-1-4-9-20)25(22-10-5-2-6-11-22)26(32)28-16-7-17-30/h1-6,8-15,25,30H,7,16-19H2,(H,28,32)/t25-/m1/s1. The number of carbonyl (C=O) groups is 2. The molecule has 32 heavy (non-hydrogen) atoms. The summed E-state index contributed by atoms with van der Waals surface area (Å²) in [5, 5.41) is 11.9. The molecule has 5 nitrogen and oxygen atoms in total. The van der Waals surface area contributed by atoms with E-state index in [2.05, 4.69) is 5.32 Å². The Morgan fingerprint density at radius 3 is 2.12 bits per heavy atom. The summed E-state index contributed by atoms with van der Waals surface area (Å²) in [6, 6.07) is 23.5. The highest BCUT2D eigenvalue weighted by molar-refractivity contribution is 5.89. The summed E-state index contributed by atoms with van der Waals surface area (Å²) in [6.07, 6.45) is 0.554. The highest BCUT2D eigenvalue weighted by Crippen LogP contribution is 2.25. The number of nitrogens with zero attached hydrogens (tertiary/aromatic N) is 1. The normalized spacial score (nSPS) is 11.6. The minimum Gasteiger partial charge on any atom is -0.396 e. The molecule has 3 aromatic carbocycles. The van der Waals surface area contributed by atoms with Gasteiger partial charge in [0.15, 0.2) is 0 Å². The van der Waals surface area contributed by atoms with E-state index in [0.29, 0.717) is 18.5 Å². The van der Waals surface area contributed by atoms with Crippen LogP contribution in [0.2, 0.25) is 0 Å². The van der Waals surface area contributed by atoms with Gasteiger partial charge in [-0.15, -0.1) is 0 Å². The first-order valence-corrected chi connectivity index (χ1v) is 10.6. The summed E-state index contributed by atoms with van der Waals surface area (Å²) in [6.45, 7) is 0.414. The van der Waals surface area contributed by atoms with E-state index in [-0.39, 0.29) is 37.2 Å². The van der Waals surface area contributed by atoms with E-state index in [1.807, 2.05) is 60.7 Å². The van der Waals surface area contributed by atoms with E-state index >= 15 is 0 Å². The fourth-order valence-corrected chi connectivity index (χ4v) is 3.48. The average molecular weight is 435 g/mol. The third kappa shape index (κ3) is 6.49. The van der Waals surface area contributed by atoms with E-state index in [1.54, 1.807) is 12.1 Å². The summed E-state index contributed by atoms with van der Waals surface area (Å²) in [7, 11) is 0. The van der Waals surface area contributed by atoms with Crippen molar-refractivity contribution >= 4 is 11.8 Å². The van der Waals surface area contributed by atoms with Gasteiger partial charge in [0.05, 0.1) is 6.42 Å². The molecule has 3 aromatic rings. The number of aliphatic hydroxyl groups is 1. The fourth-order valence-electron chi connectivity index (χ4n) is 3.48. The van der Waals surface area contributed by atoms with Crippen LogP contribution in [0.15, 0.2) is 84.9 Å². The van der Waals surface area contributed by atoms with Gasteiger partial charge < -0.3 is 15.3 Å². The largest absolute Gasteiger partial charge is 0.396 e. The van der Waals surface area contributed by atoms with Crippen LogP contribution < -0.4 is 5.32 Å². The Labute approximate surface area is 187 Å². The number of carbonyl (C=O) groups excluding carboxylic acids is 2. The van der Waals surface area contributed by atoms with Gasteiger partial charge in [-0.2, -0.15) is 0 Å². The number of aliphatic hydroxyl groups excluding tert-OH is 1. The van der Waals surface area contributed by atoms with Gasteiger partial charge in [0, 0.05) is 19.7 Å². The van der Waals surface area contributed by atoms with Crippen molar-refractivity contribution < 1.29 is 19.1 Å². The Kier molecular flexibility index (Phi) is 8.52. The maximum absolute atomic E-state index is 13.5. The molecule has 0 aliphatic rings. The van der Waals surface area contributed by atoms with Gasteiger partial charge in [-0.25, -0.2) is 4.39 Å². The number of amides is 2. The third-order valence-electron chi connectivity index (χ3n) is 5.09. The Hall–Kier alpha value is -3.51. The maximum Gasteiger partial charge on any atom is 0.247 e. The van der Waals surface area contributed by atoms with Crippen molar-refractivity contribution in [1.29, 1.82) is 0 Å². The van der Waals surface area contributed by atoms with Gasteiger partial charge in [-0.05, 0) is 35.2 Å². The fraction of sp³-hybridized carbons (Fsp3) is 0.231. The third-order valence-corrected chi connectivity index (χ3v) is 5.09. The van der Waals surface area contributed by atoms with Crippen LogP contribution in [0, 0.1) is 5.82 Å². The minimum absolute atomic E-state index is 0.0392. The second-order valence-corrected chi connectivity index (χ2v) is 7.49. The van der Waals surface area contributed by atoms with Gasteiger partial charge in [-0.3, -0.25) is 9.59 Å². The highest BCUT2D eigenvalue weighted by atomic mass is 19.1. The molecule has 0 spiro atoms. The minimum atomic E-state index is -0.865. The number of nitrogens with one attached hydrogen (secondary N) is 1. The Bertz CT molecular complexity index is 995. The molecule has 166 valence electrons. The van der Waals surface area contributed by atoms with Gasteiger partial charge in [0.2, 0.25) is 11.8 Å². The van der Waals surface area contributed by atoms with Gasteiger partial charge >= 0.3 is 0 Å². The second kappa shape index (κ2) is 11.8. The zero-order valence-corrected chi connectivity index (χ0v) is 17.8. The molecule has 6 heteroatoms. The molecular weight excluding hydrogens is 407 g/mol. The molecule has 0 saturated heterocycles. The van der Waals surface area contributed by atoms with Crippen LogP contribution in [0.1, 0.15) is 29.2 Å². The lowest BCUT2D eigenvalue weighted by molar-refractivity contribution is -0.141. The van der Waals surface area contributed by atoms with Crippen molar-refractivity contribution in [2.24, 2.45) is 0 Å². The van der Waals surface area contributed by atoms with Gasteiger partial charge in [0.1, 0.15) is 11.9 Å². The molecule has 2 N–H and O–H groups in total. The number of benzene rings is 3. The SMILES string of the molecule is O=C(NCCCO)[C@@H](c1ccccc1)N(Cc1ccc(F)cc1)C(=O)Cc1ccccc1. The van der Waals surface area contributed by atoms with Crippen LogP contribution in [-0.2, 0) is 22.6 Å². The van der Waals surface area contributed by atoms with Crippen molar-refractivity contribution in [1.82, 2.24) is 10.2 Å². The molecule has 0 saturated carbocycles. The predicted molar refractivity (Wildman–Crippen MR) is 121 cm³/mol. The van der Waals surface area contributed by atoms with Crippen LogP contribution >= 0.6 is 0 Å². The molecule has 1 atom stereocenters. The first-order chi connectivity index (χ1) is 15.6. The summed E-state index contributed by atoms with van der Waals surface area (Å²) in [5.41, 5.74) is 2.24. The van der Waals surface area contributed by atoms with E-state index in [1.165, 1.54) is 17.0 Å². The van der Waals surface area contributed by atoms with Crippen LogP contribution in [0.3, 0.4) is 0 Å². The van der Waals surface area contributed by atoms with Crippen LogP contribution in [-0.4, -0.2) is 35.0 Å². The molecule has 0 unspecified atom stereocenters. The topological polar surface area (TPSA) is 69.6 Å². The number of hydrogen-bond donors (Lipinski definition) is 2. The molecule has 2 amide bonds. The van der Waals surface area contributed by atoms with E-state index in [0.717, 1.165) is 11.1 Å². The molecule has 0 aromatic heterocycles. The highest BCUT2D eigenvalue weighted by Gasteiger charge is 2.31. The van der Waals surface area contributed by atoms with E-state index < -0.39 is 6.04 Å². The summed E-state index contributed by atoms with van der Waals surface area (Å²) >= 11 is 0. The van der Waals surface area contributed by atoms with Crippen LogP contribution in [0.4, 0.5) is 4.39 Å². The summed E-state index contributed by atoms with van der Waals surface area (Å²) in [5.74, 6) is -0.905. The molecule has 0 fully saturated rings. The van der Waals surface area contributed by atoms with E-state index in [9.17, 15) is 14.0 Å². The molecule has 3 rings (SSSR count). The Morgan fingerprint density at radius 2 is 1.50 bits per heavy atom. The predicted octanol–water partition coefficient (Wildman–Crippen LogP) is 3.64. The maximum atomic E-state index is 13.5.